The molecule has 0 spiro atoms. The van der Waals surface area contributed by atoms with Gasteiger partial charge in [-0.15, -0.1) is 0 Å². The number of hydrogen-bond donors (Lipinski definition) is 4. The molecule has 6 heteroatoms. The van der Waals surface area contributed by atoms with E-state index in [4.69, 9.17) is 4.74 Å². The van der Waals surface area contributed by atoms with Crippen molar-refractivity contribution in [1.82, 2.24) is 5.43 Å². The SMILES string of the molecule is C[C@@H]1O[C@@H]([C@@H](CO)NN(c2ccccc2)c2ccccc2)[C@@H](O)[C@@H]1O. The van der Waals surface area contributed by atoms with E-state index in [-0.39, 0.29) is 6.61 Å². The topological polar surface area (TPSA) is 85.2 Å². The Morgan fingerprint density at radius 2 is 1.48 bits per heavy atom. The molecule has 1 aliphatic heterocycles. The lowest BCUT2D eigenvalue weighted by Gasteiger charge is -2.33. The van der Waals surface area contributed by atoms with Gasteiger partial charge in [0.05, 0.1) is 30.1 Å². The first kappa shape index (κ1) is 17.8. The maximum absolute atomic E-state index is 10.2. The highest BCUT2D eigenvalue weighted by Crippen LogP contribution is 2.27. The lowest BCUT2D eigenvalue weighted by molar-refractivity contribution is -0.0196. The summed E-state index contributed by atoms with van der Waals surface area (Å²) in [5, 5.41) is 31.9. The van der Waals surface area contributed by atoms with E-state index >= 15 is 0 Å². The Hall–Kier alpha value is -1.96. The molecule has 3 rings (SSSR count). The number of aliphatic hydroxyl groups is 3. The van der Waals surface area contributed by atoms with Crippen LogP contribution in [-0.4, -0.2) is 52.4 Å². The number of rotatable bonds is 6. The van der Waals surface area contributed by atoms with Gasteiger partial charge in [0.1, 0.15) is 18.3 Å². The monoisotopic (exact) mass is 344 g/mol. The van der Waals surface area contributed by atoms with Gasteiger partial charge in [0, 0.05) is 0 Å². The molecule has 1 aliphatic rings. The number of hydrogen-bond acceptors (Lipinski definition) is 6. The highest BCUT2D eigenvalue weighted by molar-refractivity contribution is 5.61. The molecular formula is C19H24N2O4. The molecule has 0 radical (unpaired) electrons. The Labute approximate surface area is 147 Å². The molecule has 0 saturated carbocycles. The van der Waals surface area contributed by atoms with Crippen LogP contribution in [0.1, 0.15) is 6.92 Å². The van der Waals surface area contributed by atoms with Crippen molar-refractivity contribution in [3.8, 4) is 0 Å². The molecule has 134 valence electrons. The minimum Gasteiger partial charge on any atom is -0.395 e. The summed E-state index contributed by atoms with van der Waals surface area (Å²) in [5.74, 6) is 0. The standard InChI is InChI=1S/C19H24N2O4/c1-13-17(23)18(24)19(25-13)16(12-22)20-21(14-8-4-2-5-9-14)15-10-6-3-7-11-15/h2-11,13,16-20,22-24H,12H2,1H3/t13-,16+,17+,18-,19-/m0/s1. The van der Waals surface area contributed by atoms with Crippen LogP contribution in [0.4, 0.5) is 11.4 Å². The molecule has 0 bridgehead atoms. The van der Waals surface area contributed by atoms with E-state index in [1.54, 1.807) is 6.92 Å². The van der Waals surface area contributed by atoms with Gasteiger partial charge in [-0.3, -0.25) is 5.01 Å². The minimum absolute atomic E-state index is 0.253. The lowest BCUT2D eigenvalue weighted by atomic mass is 10.0. The van der Waals surface area contributed by atoms with Crippen molar-refractivity contribution in [1.29, 1.82) is 0 Å². The summed E-state index contributed by atoms with van der Waals surface area (Å²) in [6, 6.07) is 18.7. The van der Waals surface area contributed by atoms with Crippen LogP contribution in [0.15, 0.2) is 60.7 Å². The Bertz CT molecular complexity index is 615. The average Bonchev–Trinajstić information content (AvgIpc) is 2.91. The molecule has 2 aromatic rings. The Morgan fingerprint density at radius 3 is 1.88 bits per heavy atom. The first-order valence-corrected chi connectivity index (χ1v) is 8.40. The summed E-state index contributed by atoms with van der Waals surface area (Å²) in [6.07, 6.45) is -3.24. The maximum Gasteiger partial charge on any atom is 0.110 e. The molecule has 0 aromatic heterocycles. The van der Waals surface area contributed by atoms with Crippen molar-refractivity contribution in [2.75, 3.05) is 11.6 Å². The number of aliphatic hydroxyl groups excluding tert-OH is 3. The van der Waals surface area contributed by atoms with E-state index in [1.165, 1.54) is 0 Å². The van der Waals surface area contributed by atoms with Gasteiger partial charge in [-0.05, 0) is 31.2 Å². The van der Waals surface area contributed by atoms with Crippen molar-refractivity contribution in [2.24, 2.45) is 0 Å². The van der Waals surface area contributed by atoms with Gasteiger partial charge in [-0.2, -0.15) is 0 Å². The highest BCUT2D eigenvalue weighted by Gasteiger charge is 2.44. The van der Waals surface area contributed by atoms with E-state index in [0.717, 1.165) is 11.4 Å². The van der Waals surface area contributed by atoms with Crippen LogP contribution in [0.5, 0.6) is 0 Å². The molecule has 1 saturated heterocycles. The van der Waals surface area contributed by atoms with Crippen molar-refractivity contribution < 1.29 is 20.1 Å². The third-order valence-corrected chi connectivity index (χ3v) is 4.46. The first-order valence-electron chi connectivity index (χ1n) is 8.40. The van der Waals surface area contributed by atoms with Gasteiger partial charge < -0.3 is 20.1 Å². The van der Waals surface area contributed by atoms with Gasteiger partial charge in [-0.1, -0.05) is 36.4 Å². The van der Waals surface area contributed by atoms with Crippen LogP contribution in [0.3, 0.4) is 0 Å². The van der Waals surface area contributed by atoms with E-state index in [9.17, 15) is 15.3 Å². The summed E-state index contributed by atoms with van der Waals surface area (Å²) in [6.45, 7) is 1.45. The van der Waals surface area contributed by atoms with Crippen LogP contribution in [0.2, 0.25) is 0 Å². The third-order valence-electron chi connectivity index (χ3n) is 4.46. The average molecular weight is 344 g/mol. The van der Waals surface area contributed by atoms with E-state index in [2.05, 4.69) is 5.43 Å². The van der Waals surface area contributed by atoms with Gasteiger partial charge in [0.25, 0.3) is 0 Å². The number of ether oxygens (including phenoxy) is 1. The third kappa shape index (κ3) is 3.84. The fourth-order valence-corrected chi connectivity index (χ4v) is 3.05. The smallest absolute Gasteiger partial charge is 0.110 e. The van der Waals surface area contributed by atoms with Gasteiger partial charge in [0.15, 0.2) is 0 Å². The van der Waals surface area contributed by atoms with Gasteiger partial charge >= 0.3 is 0 Å². The second-order valence-electron chi connectivity index (χ2n) is 6.21. The minimum atomic E-state index is -1.06. The molecule has 0 unspecified atom stereocenters. The molecule has 2 aromatic carbocycles. The summed E-state index contributed by atoms with van der Waals surface area (Å²) < 4.78 is 5.66. The summed E-state index contributed by atoms with van der Waals surface area (Å²) >= 11 is 0. The van der Waals surface area contributed by atoms with Crippen LogP contribution >= 0.6 is 0 Å². The summed E-state index contributed by atoms with van der Waals surface area (Å²) in [7, 11) is 0. The Kier molecular flexibility index (Phi) is 5.67. The summed E-state index contributed by atoms with van der Waals surface area (Å²) in [5.41, 5.74) is 5.00. The molecule has 1 heterocycles. The molecule has 0 amide bonds. The molecule has 0 aliphatic carbocycles. The zero-order chi connectivity index (χ0) is 17.8. The second kappa shape index (κ2) is 7.95. The fraction of sp³-hybridized carbons (Fsp3) is 0.368. The fourth-order valence-electron chi connectivity index (χ4n) is 3.05. The van der Waals surface area contributed by atoms with Crippen molar-refractivity contribution in [3.63, 3.8) is 0 Å². The van der Waals surface area contributed by atoms with Gasteiger partial charge in [-0.25, -0.2) is 5.43 Å². The Morgan fingerprint density at radius 1 is 0.960 bits per heavy atom. The quantitative estimate of drug-likeness (QED) is 0.589. The Balaban J connectivity index is 1.86. The van der Waals surface area contributed by atoms with Crippen molar-refractivity contribution in [3.05, 3.63) is 60.7 Å². The van der Waals surface area contributed by atoms with Crippen LogP contribution in [-0.2, 0) is 4.74 Å². The van der Waals surface area contributed by atoms with Crippen LogP contribution < -0.4 is 10.4 Å². The zero-order valence-corrected chi connectivity index (χ0v) is 14.1. The van der Waals surface area contributed by atoms with E-state index in [1.807, 2.05) is 65.7 Å². The molecule has 6 nitrogen and oxygen atoms in total. The van der Waals surface area contributed by atoms with Crippen LogP contribution in [0, 0.1) is 0 Å². The maximum atomic E-state index is 10.2. The zero-order valence-electron chi connectivity index (χ0n) is 14.1. The highest BCUT2D eigenvalue weighted by atomic mass is 16.5. The number of nitrogens with one attached hydrogen (secondary N) is 1. The number of anilines is 2. The van der Waals surface area contributed by atoms with Crippen molar-refractivity contribution >= 4 is 11.4 Å². The number of benzene rings is 2. The van der Waals surface area contributed by atoms with E-state index < -0.39 is 30.5 Å². The lowest BCUT2D eigenvalue weighted by Crippen LogP contribution is -2.54. The largest absolute Gasteiger partial charge is 0.395 e. The second-order valence-corrected chi connectivity index (χ2v) is 6.21. The molecule has 4 N–H and O–H groups in total. The molecule has 25 heavy (non-hydrogen) atoms. The van der Waals surface area contributed by atoms with Crippen molar-refractivity contribution in [2.45, 2.75) is 37.4 Å². The van der Waals surface area contributed by atoms with Gasteiger partial charge in [0.2, 0.25) is 0 Å². The molecule has 1 fully saturated rings. The predicted octanol–water partition coefficient (Wildman–Crippen LogP) is 1.20. The summed E-state index contributed by atoms with van der Waals surface area (Å²) in [4.78, 5) is 0. The van der Waals surface area contributed by atoms with E-state index in [0.29, 0.717) is 0 Å². The number of para-hydroxylation sites is 2. The first-order chi connectivity index (χ1) is 12.1. The predicted molar refractivity (Wildman–Crippen MR) is 95.4 cm³/mol. The number of nitrogens with zero attached hydrogens (tertiary/aromatic N) is 1. The van der Waals surface area contributed by atoms with Crippen LogP contribution in [0.25, 0.3) is 0 Å². The molecule has 5 atom stereocenters. The number of hydrazine groups is 1. The molecular weight excluding hydrogens is 320 g/mol. The normalized spacial score (nSPS) is 27.2.